The summed E-state index contributed by atoms with van der Waals surface area (Å²) >= 11 is 0. The Morgan fingerprint density at radius 2 is 1.79 bits per heavy atom. The van der Waals surface area contributed by atoms with Crippen LogP contribution in [0, 0.1) is 0 Å². The van der Waals surface area contributed by atoms with E-state index < -0.39 is 0 Å². The van der Waals surface area contributed by atoms with Crippen LogP contribution in [0.15, 0.2) is 72.9 Å². The van der Waals surface area contributed by atoms with Gasteiger partial charge in [-0.25, -0.2) is 0 Å². The molecule has 2 heterocycles. The van der Waals surface area contributed by atoms with Gasteiger partial charge in [0, 0.05) is 24.0 Å². The van der Waals surface area contributed by atoms with Gasteiger partial charge >= 0.3 is 0 Å². The highest BCUT2D eigenvalue weighted by atomic mass is 16.2. The number of anilines is 1. The highest BCUT2D eigenvalue weighted by Gasteiger charge is 2.26. The maximum absolute atomic E-state index is 13.0. The van der Waals surface area contributed by atoms with E-state index in [9.17, 15) is 9.59 Å². The van der Waals surface area contributed by atoms with Crippen molar-refractivity contribution in [1.29, 1.82) is 0 Å². The summed E-state index contributed by atoms with van der Waals surface area (Å²) in [6, 6.07) is 20.7. The Hall–Kier alpha value is -3.47. The second-order valence-electron chi connectivity index (χ2n) is 6.87. The van der Waals surface area contributed by atoms with Gasteiger partial charge in [0.05, 0.1) is 6.04 Å². The zero-order chi connectivity index (χ0) is 19.5. The van der Waals surface area contributed by atoms with Crippen LogP contribution in [0.3, 0.4) is 0 Å². The van der Waals surface area contributed by atoms with Crippen LogP contribution >= 0.6 is 0 Å². The fourth-order valence-electron chi connectivity index (χ4n) is 3.48. The number of para-hydroxylation sites is 1. The van der Waals surface area contributed by atoms with E-state index in [1.807, 2.05) is 61.5 Å². The molecule has 0 radical (unpaired) electrons. The molecule has 140 valence electrons. The molecule has 0 saturated carbocycles. The van der Waals surface area contributed by atoms with Gasteiger partial charge < -0.3 is 10.2 Å². The van der Waals surface area contributed by atoms with Gasteiger partial charge in [-0.05, 0) is 42.7 Å². The lowest BCUT2D eigenvalue weighted by Gasteiger charge is -2.17. The number of carbonyl (C=O) groups excluding carboxylic acids is 2. The summed E-state index contributed by atoms with van der Waals surface area (Å²) < 4.78 is 0. The molecule has 2 aromatic carbocycles. The lowest BCUT2D eigenvalue weighted by atomic mass is 10.1. The molecule has 1 unspecified atom stereocenters. The average molecular weight is 371 g/mol. The Kier molecular flexibility index (Phi) is 4.89. The maximum atomic E-state index is 13.0. The fraction of sp³-hybridized carbons (Fsp3) is 0.174. The van der Waals surface area contributed by atoms with Crippen molar-refractivity contribution in [3.8, 4) is 0 Å². The van der Waals surface area contributed by atoms with Crippen molar-refractivity contribution in [1.82, 2.24) is 10.3 Å². The van der Waals surface area contributed by atoms with Crippen LogP contribution in [0.1, 0.15) is 44.9 Å². The summed E-state index contributed by atoms with van der Waals surface area (Å²) in [4.78, 5) is 31.6. The van der Waals surface area contributed by atoms with Crippen molar-refractivity contribution in [3.05, 3.63) is 95.3 Å². The van der Waals surface area contributed by atoms with E-state index in [-0.39, 0.29) is 23.6 Å². The van der Waals surface area contributed by atoms with Crippen molar-refractivity contribution < 1.29 is 9.59 Å². The van der Waals surface area contributed by atoms with E-state index in [2.05, 4.69) is 10.3 Å². The number of nitrogens with zero attached hydrogens (tertiary/aromatic N) is 2. The number of pyridine rings is 1. The molecule has 1 aromatic heterocycles. The molecule has 1 aliphatic heterocycles. The maximum Gasteiger partial charge on any atom is 0.276 e. The highest BCUT2D eigenvalue weighted by molar-refractivity contribution is 6.07. The van der Waals surface area contributed by atoms with E-state index in [4.69, 9.17) is 0 Å². The normalized spacial score (nSPS) is 13.7. The Balaban J connectivity index is 1.52. The third kappa shape index (κ3) is 3.51. The number of hydrogen-bond acceptors (Lipinski definition) is 3. The molecule has 1 atom stereocenters. The lowest BCUT2D eigenvalue weighted by molar-refractivity contribution is 0.0939. The van der Waals surface area contributed by atoms with Crippen molar-refractivity contribution in [2.45, 2.75) is 19.4 Å². The highest BCUT2D eigenvalue weighted by Crippen LogP contribution is 2.28. The van der Waals surface area contributed by atoms with Crippen molar-refractivity contribution in [2.75, 3.05) is 11.4 Å². The standard InChI is InChI=1S/C23H21N3O2/c1-16(17-7-3-2-4-8-17)25-22(27)19-11-13-24-20(15-19)23(28)26-14-12-18-9-5-6-10-21(18)26/h2-11,13,15-16H,12,14H2,1H3,(H,25,27). The first-order valence-corrected chi connectivity index (χ1v) is 9.35. The Morgan fingerprint density at radius 3 is 2.61 bits per heavy atom. The topological polar surface area (TPSA) is 62.3 Å². The molecule has 4 rings (SSSR count). The van der Waals surface area contributed by atoms with Crippen LogP contribution in [0.5, 0.6) is 0 Å². The Labute approximate surface area is 164 Å². The van der Waals surface area contributed by atoms with Gasteiger partial charge in [0.2, 0.25) is 0 Å². The molecule has 5 heteroatoms. The van der Waals surface area contributed by atoms with Crippen LogP contribution in [0.25, 0.3) is 0 Å². The van der Waals surface area contributed by atoms with Crippen molar-refractivity contribution in [3.63, 3.8) is 0 Å². The molecule has 1 aliphatic rings. The van der Waals surface area contributed by atoms with E-state index in [1.54, 1.807) is 17.0 Å². The van der Waals surface area contributed by atoms with Crippen molar-refractivity contribution >= 4 is 17.5 Å². The molecule has 3 aromatic rings. The van der Waals surface area contributed by atoms with E-state index in [0.29, 0.717) is 12.1 Å². The van der Waals surface area contributed by atoms with Gasteiger partial charge in [-0.1, -0.05) is 48.5 Å². The minimum absolute atomic E-state index is 0.133. The number of nitrogens with one attached hydrogen (secondary N) is 1. The zero-order valence-corrected chi connectivity index (χ0v) is 15.6. The molecule has 0 spiro atoms. The monoisotopic (exact) mass is 371 g/mol. The smallest absolute Gasteiger partial charge is 0.276 e. The minimum atomic E-state index is -0.227. The predicted octanol–water partition coefficient (Wildman–Crippen LogP) is 3.78. The Morgan fingerprint density at radius 1 is 1.04 bits per heavy atom. The molecular formula is C23H21N3O2. The lowest BCUT2D eigenvalue weighted by Crippen LogP contribution is -2.30. The molecule has 0 saturated heterocycles. The van der Waals surface area contributed by atoms with Gasteiger partial charge in [-0.2, -0.15) is 0 Å². The number of carbonyl (C=O) groups is 2. The van der Waals surface area contributed by atoms with E-state index >= 15 is 0 Å². The third-order valence-corrected chi connectivity index (χ3v) is 5.02. The van der Waals surface area contributed by atoms with Crippen LogP contribution in [-0.4, -0.2) is 23.3 Å². The fourth-order valence-corrected chi connectivity index (χ4v) is 3.48. The number of hydrogen-bond donors (Lipinski definition) is 1. The van der Waals surface area contributed by atoms with Gasteiger partial charge in [-0.3, -0.25) is 14.6 Å². The first-order valence-electron chi connectivity index (χ1n) is 9.35. The summed E-state index contributed by atoms with van der Waals surface area (Å²) in [6.45, 7) is 2.56. The van der Waals surface area contributed by atoms with Gasteiger partial charge in [-0.15, -0.1) is 0 Å². The van der Waals surface area contributed by atoms with Crippen molar-refractivity contribution in [2.24, 2.45) is 0 Å². The number of benzene rings is 2. The molecule has 28 heavy (non-hydrogen) atoms. The summed E-state index contributed by atoms with van der Waals surface area (Å²) in [7, 11) is 0. The molecule has 0 bridgehead atoms. The number of fused-ring (bicyclic) bond motifs is 1. The van der Waals surface area contributed by atoms with Gasteiger partial charge in [0.25, 0.3) is 11.8 Å². The number of rotatable bonds is 4. The van der Waals surface area contributed by atoms with E-state index in [1.165, 1.54) is 6.20 Å². The summed E-state index contributed by atoms with van der Waals surface area (Å²) in [5.74, 6) is -0.412. The quantitative estimate of drug-likeness (QED) is 0.759. The first-order chi connectivity index (χ1) is 13.6. The second kappa shape index (κ2) is 7.64. The summed E-state index contributed by atoms with van der Waals surface area (Å²) in [5.41, 5.74) is 3.79. The molecule has 2 amide bonds. The van der Waals surface area contributed by atoms with Crippen LogP contribution in [0.2, 0.25) is 0 Å². The first kappa shape index (κ1) is 17.9. The molecule has 5 nitrogen and oxygen atoms in total. The summed E-state index contributed by atoms with van der Waals surface area (Å²) in [6.07, 6.45) is 2.34. The Bertz CT molecular complexity index is 1020. The molecule has 1 N–H and O–H groups in total. The SMILES string of the molecule is CC(NC(=O)c1ccnc(C(=O)N2CCc3ccccc32)c1)c1ccccc1. The molecular weight excluding hydrogens is 350 g/mol. The minimum Gasteiger partial charge on any atom is -0.346 e. The van der Waals surface area contributed by atoms with Gasteiger partial charge in [0.1, 0.15) is 5.69 Å². The third-order valence-electron chi connectivity index (χ3n) is 5.02. The van der Waals surface area contributed by atoms with Crippen LogP contribution in [0.4, 0.5) is 5.69 Å². The average Bonchev–Trinajstić information content (AvgIpc) is 3.18. The largest absolute Gasteiger partial charge is 0.346 e. The van der Waals surface area contributed by atoms with Gasteiger partial charge in [0.15, 0.2) is 0 Å². The molecule has 0 aliphatic carbocycles. The van der Waals surface area contributed by atoms with E-state index in [0.717, 1.165) is 23.2 Å². The van der Waals surface area contributed by atoms with Crippen LogP contribution < -0.4 is 10.2 Å². The second-order valence-corrected chi connectivity index (χ2v) is 6.87. The number of amides is 2. The molecule has 0 fully saturated rings. The predicted molar refractivity (Wildman–Crippen MR) is 108 cm³/mol. The number of aromatic nitrogens is 1. The zero-order valence-electron chi connectivity index (χ0n) is 15.6. The summed E-state index contributed by atoms with van der Waals surface area (Å²) in [5, 5.41) is 2.97. The van der Waals surface area contributed by atoms with Crippen LogP contribution in [-0.2, 0) is 6.42 Å².